The molecule has 0 spiro atoms. The molecule has 1 saturated carbocycles. The van der Waals surface area contributed by atoms with Gasteiger partial charge in [-0.3, -0.25) is 4.79 Å². The SMILES string of the molecule is O=C(CCSc1nc2cc(Cl)ccc2o1)NC1CCCC1. The summed E-state index contributed by atoms with van der Waals surface area (Å²) in [5.41, 5.74) is 1.47. The van der Waals surface area contributed by atoms with Crippen molar-refractivity contribution in [3.63, 3.8) is 0 Å². The van der Waals surface area contributed by atoms with Gasteiger partial charge < -0.3 is 9.73 Å². The first-order chi connectivity index (χ1) is 10.2. The molecule has 1 heterocycles. The highest BCUT2D eigenvalue weighted by atomic mass is 35.5. The average molecular weight is 325 g/mol. The van der Waals surface area contributed by atoms with E-state index < -0.39 is 0 Å². The molecule has 1 aliphatic carbocycles. The fourth-order valence-corrected chi connectivity index (χ4v) is 3.48. The van der Waals surface area contributed by atoms with Crippen LogP contribution in [0.1, 0.15) is 32.1 Å². The highest BCUT2D eigenvalue weighted by molar-refractivity contribution is 7.99. The summed E-state index contributed by atoms with van der Waals surface area (Å²) in [6.07, 6.45) is 5.17. The summed E-state index contributed by atoms with van der Waals surface area (Å²) in [5, 5.41) is 4.30. The van der Waals surface area contributed by atoms with Gasteiger partial charge in [0.15, 0.2) is 5.58 Å². The normalized spacial score (nSPS) is 15.7. The van der Waals surface area contributed by atoms with Gasteiger partial charge in [0.05, 0.1) is 0 Å². The Hall–Kier alpha value is -1.20. The summed E-state index contributed by atoms with van der Waals surface area (Å²) in [7, 11) is 0. The minimum Gasteiger partial charge on any atom is -0.431 e. The number of carbonyl (C=O) groups excluding carboxylic acids is 1. The van der Waals surface area contributed by atoms with Crippen molar-refractivity contribution in [2.24, 2.45) is 0 Å². The Labute approximate surface area is 132 Å². The van der Waals surface area contributed by atoms with Gasteiger partial charge in [0.1, 0.15) is 5.52 Å². The third kappa shape index (κ3) is 3.92. The van der Waals surface area contributed by atoms with Gasteiger partial charge in [-0.15, -0.1) is 0 Å². The second-order valence-corrected chi connectivity index (χ2v) is 6.72. The van der Waals surface area contributed by atoms with Gasteiger partial charge in [0.25, 0.3) is 5.22 Å². The lowest BCUT2D eigenvalue weighted by Gasteiger charge is -2.10. The maximum absolute atomic E-state index is 11.8. The number of carbonyl (C=O) groups is 1. The number of amides is 1. The predicted molar refractivity (Wildman–Crippen MR) is 84.8 cm³/mol. The third-order valence-corrected chi connectivity index (χ3v) is 4.67. The predicted octanol–water partition coefficient (Wildman–Crippen LogP) is 4.02. The molecule has 4 nitrogen and oxygen atoms in total. The molecule has 1 aliphatic rings. The molecule has 112 valence electrons. The number of benzene rings is 1. The van der Waals surface area contributed by atoms with Crippen LogP contribution in [0.4, 0.5) is 0 Å². The quantitative estimate of drug-likeness (QED) is 0.844. The highest BCUT2D eigenvalue weighted by Gasteiger charge is 2.17. The number of halogens is 1. The first-order valence-electron chi connectivity index (χ1n) is 7.19. The molecule has 6 heteroatoms. The monoisotopic (exact) mass is 324 g/mol. The van der Waals surface area contributed by atoms with E-state index in [1.165, 1.54) is 24.6 Å². The molecule has 3 rings (SSSR count). The van der Waals surface area contributed by atoms with E-state index in [0.29, 0.717) is 28.5 Å². The van der Waals surface area contributed by atoms with Crippen LogP contribution in [0.15, 0.2) is 27.8 Å². The third-order valence-electron chi connectivity index (χ3n) is 3.60. The molecule has 1 aromatic carbocycles. The molecule has 0 radical (unpaired) electrons. The molecule has 1 aromatic heterocycles. The van der Waals surface area contributed by atoms with Crippen LogP contribution in [0.2, 0.25) is 5.02 Å². The largest absolute Gasteiger partial charge is 0.431 e. The number of nitrogens with zero attached hydrogens (tertiary/aromatic N) is 1. The molecule has 1 fully saturated rings. The van der Waals surface area contributed by atoms with Crippen molar-refractivity contribution in [2.75, 3.05) is 5.75 Å². The number of hydrogen-bond donors (Lipinski definition) is 1. The van der Waals surface area contributed by atoms with Gasteiger partial charge in [0.2, 0.25) is 5.91 Å². The fraction of sp³-hybridized carbons (Fsp3) is 0.467. The van der Waals surface area contributed by atoms with E-state index in [2.05, 4.69) is 10.3 Å². The molecule has 21 heavy (non-hydrogen) atoms. The minimum atomic E-state index is 0.119. The molecule has 0 atom stereocenters. The Balaban J connectivity index is 1.48. The first-order valence-corrected chi connectivity index (χ1v) is 8.55. The molecule has 0 bridgehead atoms. The smallest absolute Gasteiger partial charge is 0.256 e. The van der Waals surface area contributed by atoms with Crippen molar-refractivity contribution in [2.45, 2.75) is 43.4 Å². The molecule has 0 aliphatic heterocycles. The number of oxazole rings is 1. The standard InChI is InChI=1S/C15H17ClN2O2S/c16-10-5-6-13-12(9-10)18-15(20-13)21-8-7-14(19)17-11-3-1-2-4-11/h5-6,9,11H,1-4,7-8H2,(H,17,19). The summed E-state index contributed by atoms with van der Waals surface area (Å²) in [5.74, 6) is 0.785. The topological polar surface area (TPSA) is 55.1 Å². The van der Waals surface area contributed by atoms with Crippen LogP contribution in [0.5, 0.6) is 0 Å². The highest BCUT2D eigenvalue weighted by Crippen LogP contribution is 2.26. The first kappa shape index (κ1) is 14.7. The van der Waals surface area contributed by atoms with Crippen LogP contribution < -0.4 is 5.32 Å². The lowest BCUT2D eigenvalue weighted by molar-refractivity contribution is -0.121. The number of thioether (sulfide) groups is 1. The van der Waals surface area contributed by atoms with Gasteiger partial charge in [-0.05, 0) is 31.0 Å². The summed E-state index contributed by atoms with van der Waals surface area (Å²) < 4.78 is 5.60. The van der Waals surface area contributed by atoms with Crippen LogP contribution >= 0.6 is 23.4 Å². The molecular formula is C15H17ClN2O2S. The van der Waals surface area contributed by atoms with Crippen LogP contribution in [0.25, 0.3) is 11.1 Å². The molecule has 2 aromatic rings. The fourth-order valence-electron chi connectivity index (χ4n) is 2.54. The summed E-state index contributed by atoms with van der Waals surface area (Å²) in [6.45, 7) is 0. The number of hydrogen-bond acceptors (Lipinski definition) is 4. The Morgan fingerprint density at radius 1 is 1.43 bits per heavy atom. The van der Waals surface area contributed by atoms with Crippen molar-refractivity contribution in [3.05, 3.63) is 23.2 Å². The lowest BCUT2D eigenvalue weighted by atomic mass is 10.2. The molecule has 1 N–H and O–H groups in total. The van der Waals surface area contributed by atoms with Crippen molar-refractivity contribution < 1.29 is 9.21 Å². The van der Waals surface area contributed by atoms with Crippen molar-refractivity contribution in [3.8, 4) is 0 Å². The molecule has 1 amide bonds. The zero-order valence-electron chi connectivity index (χ0n) is 11.6. The van der Waals surface area contributed by atoms with E-state index in [4.69, 9.17) is 16.0 Å². The van der Waals surface area contributed by atoms with Gasteiger partial charge in [-0.2, -0.15) is 0 Å². The average Bonchev–Trinajstić information content (AvgIpc) is 3.07. The Kier molecular flexibility index (Phi) is 4.70. The van der Waals surface area contributed by atoms with E-state index in [9.17, 15) is 4.79 Å². The van der Waals surface area contributed by atoms with Gasteiger partial charge in [-0.1, -0.05) is 36.2 Å². The van der Waals surface area contributed by atoms with Gasteiger partial charge in [-0.25, -0.2) is 4.98 Å². The van der Waals surface area contributed by atoms with E-state index in [1.807, 2.05) is 6.07 Å². The lowest BCUT2D eigenvalue weighted by Crippen LogP contribution is -2.32. The van der Waals surface area contributed by atoms with E-state index in [0.717, 1.165) is 23.9 Å². The number of aromatic nitrogens is 1. The van der Waals surface area contributed by atoms with E-state index in [-0.39, 0.29) is 5.91 Å². The maximum atomic E-state index is 11.8. The maximum Gasteiger partial charge on any atom is 0.256 e. The van der Waals surface area contributed by atoms with Crippen LogP contribution in [-0.2, 0) is 4.79 Å². The Morgan fingerprint density at radius 3 is 3.05 bits per heavy atom. The summed E-state index contributed by atoms with van der Waals surface area (Å²) in [6, 6.07) is 5.74. The summed E-state index contributed by atoms with van der Waals surface area (Å²) in [4.78, 5) is 16.2. The van der Waals surface area contributed by atoms with Crippen LogP contribution in [-0.4, -0.2) is 22.7 Å². The number of fused-ring (bicyclic) bond motifs is 1. The van der Waals surface area contributed by atoms with E-state index >= 15 is 0 Å². The van der Waals surface area contributed by atoms with Crippen molar-refractivity contribution in [1.82, 2.24) is 10.3 Å². The van der Waals surface area contributed by atoms with Crippen LogP contribution in [0.3, 0.4) is 0 Å². The number of nitrogens with one attached hydrogen (secondary N) is 1. The zero-order chi connectivity index (χ0) is 14.7. The van der Waals surface area contributed by atoms with Gasteiger partial charge in [0, 0.05) is 23.2 Å². The Morgan fingerprint density at radius 2 is 2.24 bits per heavy atom. The molecule has 0 saturated heterocycles. The second kappa shape index (κ2) is 6.71. The molecular weight excluding hydrogens is 308 g/mol. The second-order valence-electron chi connectivity index (χ2n) is 5.24. The minimum absolute atomic E-state index is 0.119. The summed E-state index contributed by atoms with van der Waals surface area (Å²) >= 11 is 7.37. The Bertz CT molecular complexity index is 638. The molecule has 0 unspecified atom stereocenters. The van der Waals surface area contributed by atoms with Crippen molar-refractivity contribution in [1.29, 1.82) is 0 Å². The zero-order valence-corrected chi connectivity index (χ0v) is 13.2. The van der Waals surface area contributed by atoms with Crippen molar-refractivity contribution >= 4 is 40.4 Å². The van der Waals surface area contributed by atoms with Crippen LogP contribution in [0, 0.1) is 0 Å². The number of rotatable bonds is 5. The van der Waals surface area contributed by atoms with Gasteiger partial charge >= 0.3 is 0 Å². The van der Waals surface area contributed by atoms with E-state index in [1.54, 1.807) is 12.1 Å².